The van der Waals surface area contributed by atoms with E-state index in [0.29, 0.717) is 0 Å². The summed E-state index contributed by atoms with van der Waals surface area (Å²) >= 11 is 0. The van der Waals surface area contributed by atoms with Crippen molar-refractivity contribution in [3.63, 3.8) is 0 Å². The molecule has 0 aliphatic heterocycles. The number of hydrogen-bond acceptors (Lipinski definition) is 5. The van der Waals surface area contributed by atoms with Gasteiger partial charge in [0, 0.05) is 0 Å². The molecule has 0 fully saturated rings. The van der Waals surface area contributed by atoms with Crippen LogP contribution in [0.25, 0.3) is 0 Å². The number of alkyl halides is 3. The quantitative estimate of drug-likeness (QED) is 0.545. The second kappa shape index (κ2) is 8.23. The summed E-state index contributed by atoms with van der Waals surface area (Å²) in [4.78, 5) is 34.0. The number of amides is 2. The molecule has 10 heteroatoms. The van der Waals surface area contributed by atoms with Crippen LogP contribution in [0.4, 0.5) is 18.0 Å². The van der Waals surface area contributed by atoms with Crippen molar-refractivity contribution >= 4 is 18.0 Å². The standard InChI is InChI=1S/C10H15F3N2O5/c1-3-19-7(16)6(8(17)20-4-2)15-9(18)14-5-10(11,12)13/h6H,3-5H2,1-2H3,(H2,14,15,18). The number of carbonyl (C=O) groups excluding carboxylic acids is 3. The second-order valence-electron chi connectivity index (χ2n) is 3.38. The van der Waals surface area contributed by atoms with E-state index in [9.17, 15) is 27.6 Å². The first-order chi connectivity index (χ1) is 9.21. The minimum atomic E-state index is -4.61. The molecule has 0 bridgehead atoms. The zero-order chi connectivity index (χ0) is 15.8. The Morgan fingerprint density at radius 2 is 1.50 bits per heavy atom. The molecule has 2 N–H and O–H groups in total. The van der Waals surface area contributed by atoms with Gasteiger partial charge in [0.25, 0.3) is 0 Å². The van der Waals surface area contributed by atoms with Crippen LogP contribution in [0.15, 0.2) is 0 Å². The van der Waals surface area contributed by atoms with Crippen LogP contribution in [0.1, 0.15) is 13.8 Å². The van der Waals surface area contributed by atoms with Crippen molar-refractivity contribution in [1.82, 2.24) is 10.6 Å². The summed E-state index contributed by atoms with van der Waals surface area (Å²) in [5.74, 6) is -2.23. The molecule has 0 spiro atoms. The first-order valence-electron chi connectivity index (χ1n) is 5.65. The largest absolute Gasteiger partial charge is 0.464 e. The summed E-state index contributed by atoms with van der Waals surface area (Å²) in [5.41, 5.74) is 0. The summed E-state index contributed by atoms with van der Waals surface area (Å²) in [5, 5.41) is 3.22. The van der Waals surface area contributed by atoms with E-state index >= 15 is 0 Å². The molecule has 0 heterocycles. The van der Waals surface area contributed by atoms with Crippen molar-refractivity contribution in [2.45, 2.75) is 26.1 Å². The fraction of sp³-hybridized carbons (Fsp3) is 0.700. The van der Waals surface area contributed by atoms with Gasteiger partial charge >= 0.3 is 24.1 Å². The number of ether oxygens (including phenoxy) is 2. The molecular formula is C10H15F3N2O5. The van der Waals surface area contributed by atoms with Crippen molar-refractivity contribution < 1.29 is 37.0 Å². The monoisotopic (exact) mass is 300 g/mol. The highest BCUT2D eigenvalue weighted by Gasteiger charge is 2.33. The molecular weight excluding hydrogens is 285 g/mol. The van der Waals surface area contributed by atoms with Crippen LogP contribution in [0.5, 0.6) is 0 Å². The molecule has 0 saturated carbocycles. The van der Waals surface area contributed by atoms with Crippen molar-refractivity contribution in [3.8, 4) is 0 Å². The highest BCUT2D eigenvalue weighted by atomic mass is 19.4. The summed E-state index contributed by atoms with van der Waals surface area (Å²) in [6, 6.07) is -3.16. The van der Waals surface area contributed by atoms with Gasteiger partial charge in [0.2, 0.25) is 6.04 Å². The average Bonchev–Trinajstić information content (AvgIpc) is 2.33. The van der Waals surface area contributed by atoms with Crippen LogP contribution in [0.3, 0.4) is 0 Å². The second-order valence-corrected chi connectivity index (χ2v) is 3.38. The van der Waals surface area contributed by atoms with Crippen LogP contribution in [-0.2, 0) is 19.1 Å². The average molecular weight is 300 g/mol. The van der Waals surface area contributed by atoms with Crippen molar-refractivity contribution in [2.75, 3.05) is 19.8 Å². The highest BCUT2D eigenvalue weighted by molar-refractivity contribution is 6.02. The highest BCUT2D eigenvalue weighted by Crippen LogP contribution is 2.11. The van der Waals surface area contributed by atoms with Crippen LogP contribution in [0.2, 0.25) is 0 Å². The van der Waals surface area contributed by atoms with Gasteiger partial charge in [-0.05, 0) is 13.8 Å². The number of halogens is 3. The molecule has 0 aromatic heterocycles. The predicted molar refractivity (Wildman–Crippen MR) is 59.6 cm³/mol. The number of rotatable bonds is 6. The van der Waals surface area contributed by atoms with Crippen LogP contribution < -0.4 is 10.6 Å². The van der Waals surface area contributed by atoms with E-state index in [1.54, 1.807) is 5.32 Å². The van der Waals surface area contributed by atoms with Gasteiger partial charge in [-0.2, -0.15) is 13.2 Å². The first kappa shape index (κ1) is 18.0. The lowest BCUT2D eigenvalue weighted by molar-refractivity contribution is -0.157. The lowest BCUT2D eigenvalue weighted by Gasteiger charge is -2.16. The van der Waals surface area contributed by atoms with E-state index in [4.69, 9.17) is 0 Å². The number of urea groups is 1. The van der Waals surface area contributed by atoms with Crippen molar-refractivity contribution in [3.05, 3.63) is 0 Å². The van der Waals surface area contributed by atoms with E-state index in [-0.39, 0.29) is 13.2 Å². The molecule has 0 rings (SSSR count). The van der Waals surface area contributed by atoms with E-state index < -0.39 is 36.7 Å². The van der Waals surface area contributed by atoms with Gasteiger partial charge in [0.15, 0.2) is 0 Å². The maximum absolute atomic E-state index is 11.9. The SMILES string of the molecule is CCOC(=O)C(NC(=O)NCC(F)(F)F)C(=O)OCC. The Hall–Kier alpha value is -2.00. The van der Waals surface area contributed by atoms with Crippen LogP contribution >= 0.6 is 0 Å². The summed E-state index contributed by atoms with van der Waals surface area (Å²) in [7, 11) is 0. The van der Waals surface area contributed by atoms with E-state index in [1.807, 2.05) is 0 Å². The smallest absolute Gasteiger partial charge is 0.405 e. The third-order valence-corrected chi connectivity index (χ3v) is 1.77. The number of hydrogen-bond donors (Lipinski definition) is 2. The van der Waals surface area contributed by atoms with Gasteiger partial charge in [-0.3, -0.25) is 0 Å². The molecule has 0 aliphatic carbocycles. The third-order valence-electron chi connectivity index (χ3n) is 1.77. The molecule has 0 unspecified atom stereocenters. The fourth-order valence-electron chi connectivity index (χ4n) is 1.03. The molecule has 20 heavy (non-hydrogen) atoms. The zero-order valence-corrected chi connectivity index (χ0v) is 10.9. The molecule has 0 radical (unpaired) electrons. The van der Waals surface area contributed by atoms with E-state index in [1.165, 1.54) is 19.2 Å². The molecule has 2 amide bonds. The van der Waals surface area contributed by atoms with Gasteiger partial charge in [0.1, 0.15) is 6.54 Å². The topological polar surface area (TPSA) is 93.7 Å². The summed E-state index contributed by atoms with van der Waals surface area (Å²) in [6.45, 7) is 1.19. The molecule has 0 aliphatic rings. The minimum Gasteiger partial charge on any atom is -0.464 e. The molecule has 116 valence electrons. The van der Waals surface area contributed by atoms with Gasteiger partial charge in [0.05, 0.1) is 13.2 Å². The third kappa shape index (κ3) is 7.44. The molecule has 7 nitrogen and oxygen atoms in total. The van der Waals surface area contributed by atoms with Gasteiger partial charge in [-0.15, -0.1) is 0 Å². The molecule has 0 saturated heterocycles. The fourth-order valence-corrected chi connectivity index (χ4v) is 1.03. The maximum atomic E-state index is 11.9. The van der Waals surface area contributed by atoms with Gasteiger partial charge in [-0.1, -0.05) is 0 Å². The number of carbonyl (C=O) groups is 3. The van der Waals surface area contributed by atoms with Crippen LogP contribution in [-0.4, -0.2) is 49.9 Å². The zero-order valence-electron chi connectivity index (χ0n) is 10.9. The predicted octanol–water partition coefficient (Wildman–Crippen LogP) is 0.343. The molecule has 0 atom stereocenters. The Kier molecular flexibility index (Phi) is 7.40. The lowest BCUT2D eigenvalue weighted by atomic mass is 10.3. The Morgan fingerprint density at radius 1 is 1.05 bits per heavy atom. The van der Waals surface area contributed by atoms with Crippen molar-refractivity contribution in [1.29, 1.82) is 0 Å². The Morgan fingerprint density at radius 3 is 1.85 bits per heavy atom. The van der Waals surface area contributed by atoms with Crippen LogP contribution in [0, 0.1) is 0 Å². The molecule has 0 aromatic carbocycles. The van der Waals surface area contributed by atoms with E-state index in [2.05, 4.69) is 9.47 Å². The minimum absolute atomic E-state index is 0.0689. The summed E-state index contributed by atoms with van der Waals surface area (Å²) < 4.78 is 44.7. The summed E-state index contributed by atoms with van der Waals surface area (Å²) in [6.07, 6.45) is -4.61. The molecule has 0 aromatic rings. The first-order valence-corrected chi connectivity index (χ1v) is 5.65. The Balaban J connectivity index is 4.59. The Labute approximate surface area is 112 Å². The Bertz CT molecular complexity index is 341. The lowest BCUT2D eigenvalue weighted by Crippen LogP contribution is -2.52. The maximum Gasteiger partial charge on any atom is 0.405 e. The van der Waals surface area contributed by atoms with Crippen molar-refractivity contribution in [2.24, 2.45) is 0 Å². The van der Waals surface area contributed by atoms with E-state index in [0.717, 1.165) is 0 Å². The normalized spacial score (nSPS) is 10.9. The number of esters is 2. The number of nitrogens with one attached hydrogen (secondary N) is 2. The van der Waals surface area contributed by atoms with Gasteiger partial charge < -0.3 is 20.1 Å². The van der Waals surface area contributed by atoms with Gasteiger partial charge in [-0.25, -0.2) is 14.4 Å².